The predicted molar refractivity (Wildman–Crippen MR) is 92.6 cm³/mol. The molecule has 1 aromatic rings. The van der Waals surface area contributed by atoms with Crippen LogP contribution in [0.5, 0.6) is 0 Å². The van der Waals surface area contributed by atoms with E-state index in [1.165, 1.54) is 0 Å². The summed E-state index contributed by atoms with van der Waals surface area (Å²) in [7, 11) is 0. The number of ether oxygens (including phenoxy) is 1. The summed E-state index contributed by atoms with van der Waals surface area (Å²) < 4.78 is 7.40. The fourth-order valence-corrected chi connectivity index (χ4v) is 2.86. The maximum Gasteiger partial charge on any atom is 0.257 e. The van der Waals surface area contributed by atoms with Gasteiger partial charge in [0, 0.05) is 5.56 Å². The summed E-state index contributed by atoms with van der Waals surface area (Å²) in [5, 5.41) is 0. The number of allylic oxidation sites excluding steroid dienone is 2. The number of hydrogen-bond donors (Lipinski definition) is 1. The number of nitrogens with zero attached hydrogens (tertiary/aromatic N) is 2. The van der Waals surface area contributed by atoms with Crippen LogP contribution < -0.4 is 5.56 Å². The molecule has 120 valence electrons. The van der Waals surface area contributed by atoms with Gasteiger partial charge < -0.3 is 4.74 Å². The van der Waals surface area contributed by atoms with Gasteiger partial charge in [-0.3, -0.25) is 9.36 Å². The molecule has 0 amide bonds. The van der Waals surface area contributed by atoms with Crippen molar-refractivity contribution in [2.45, 2.75) is 45.6 Å². The van der Waals surface area contributed by atoms with E-state index in [0.717, 1.165) is 60.7 Å². The van der Waals surface area contributed by atoms with Crippen molar-refractivity contribution in [3.05, 3.63) is 51.9 Å². The third-order valence-electron chi connectivity index (χ3n) is 3.89. The van der Waals surface area contributed by atoms with Crippen LogP contribution in [0.15, 0.2) is 29.3 Å². The second kappa shape index (κ2) is 8.22. The highest BCUT2D eigenvalue weighted by Crippen LogP contribution is 2.16. The van der Waals surface area contributed by atoms with Crippen molar-refractivity contribution >= 4 is 12.6 Å². The molecule has 0 aliphatic heterocycles. The smallest absolute Gasteiger partial charge is 0.257 e. The van der Waals surface area contributed by atoms with Gasteiger partial charge in [0.15, 0.2) is 0 Å². The monoisotopic (exact) mass is 320 g/mol. The number of hydrogen-bond acceptors (Lipinski definition) is 4. The molecule has 0 spiro atoms. The molecule has 0 aromatic carbocycles. The minimum Gasteiger partial charge on any atom is -0.492 e. The predicted octanol–water partition coefficient (Wildman–Crippen LogP) is 2.84. The summed E-state index contributed by atoms with van der Waals surface area (Å²) in [4.78, 5) is 17.2. The van der Waals surface area contributed by atoms with Crippen molar-refractivity contribution in [1.29, 1.82) is 0 Å². The molecular formula is C17H24N2O2S. The molecule has 0 bridgehead atoms. The standard InChI is InChI=1S/C17H24N2O2S/c1-3-14(7-6-12-22)21-11-10-19-13(2)18-16-9-5-4-8-15(16)17(19)20/h3,7,22H,1,4-6,8-12H2,2H3/b14-7-. The largest absolute Gasteiger partial charge is 0.492 e. The summed E-state index contributed by atoms with van der Waals surface area (Å²) in [5.74, 6) is 2.29. The normalized spacial score (nSPS) is 14.5. The van der Waals surface area contributed by atoms with Gasteiger partial charge in [-0.2, -0.15) is 12.6 Å². The van der Waals surface area contributed by atoms with E-state index in [-0.39, 0.29) is 5.56 Å². The average molecular weight is 320 g/mol. The number of rotatable bonds is 7. The van der Waals surface area contributed by atoms with E-state index in [2.05, 4.69) is 24.2 Å². The van der Waals surface area contributed by atoms with Gasteiger partial charge in [0.1, 0.15) is 18.2 Å². The Balaban J connectivity index is 2.07. The summed E-state index contributed by atoms with van der Waals surface area (Å²) in [6, 6.07) is 0. The highest BCUT2D eigenvalue weighted by atomic mass is 32.1. The summed E-state index contributed by atoms with van der Waals surface area (Å²) in [5.41, 5.74) is 1.99. The lowest BCUT2D eigenvalue weighted by molar-refractivity contribution is 0.208. The fraction of sp³-hybridized carbons (Fsp3) is 0.529. The zero-order valence-corrected chi connectivity index (χ0v) is 14.1. The quantitative estimate of drug-likeness (QED) is 0.477. The van der Waals surface area contributed by atoms with E-state index in [1.54, 1.807) is 10.6 Å². The van der Waals surface area contributed by atoms with Crippen LogP contribution in [0, 0.1) is 6.92 Å². The molecule has 0 saturated carbocycles. The Morgan fingerprint density at radius 2 is 2.23 bits per heavy atom. The maximum atomic E-state index is 12.6. The SMILES string of the molecule is C=C/C(=C/CCS)OCCn1c(C)nc2c(c1=O)CCCC2. The molecule has 1 aromatic heterocycles. The number of aryl methyl sites for hydroxylation is 2. The third kappa shape index (κ3) is 4.03. The molecule has 2 rings (SSSR count). The first-order chi connectivity index (χ1) is 10.7. The van der Waals surface area contributed by atoms with Crippen molar-refractivity contribution in [3.8, 4) is 0 Å². The van der Waals surface area contributed by atoms with Crippen LogP contribution in [0.2, 0.25) is 0 Å². The molecule has 22 heavy (non-hydrogen) atoms. The van der Waals surface area contributed by atoms with Crippen molar-refractivity contribution in [1.82, 2.24) is 9.55 Å². The molecule has 4 nitrogen and oxygen atoms in total. The Labute approximate surface area is 137 Å². The highest BCUT2D eigenvalue weighted by Gasteiger charge is 2.17. The van der Waals surface area contributed by atoms with Crippen molar-refractivity contribution < 1.29 is 4.74 Å². The summed E-state index contributed by atoms with van der Waals surface area (Å²) in [6.45, 7) is 6.57. The van der Waals surface area contributed by atoms with Gasteiger partial charge in [0.05, 0.1) is 12.2 Å². The van der Waals surface area contributed by atoms with Crippen LogP contribution in [0.25, 0.3) is 0 Å². The van der Waals surface area contributed by atoms with Crippen LogP contribution in [-0.4, -0.2) is 21.9 Å². The van der Waals surface area contributed by atoms with Crippen LogP contribution in [-0.2, 0) is 24.1 Å². The lowest BCUT2D eigenvalue weighted by Gasteiger charge is -2.18. The Hall–Kier alpha value is -1.49. The minimum absolute atomic E-state index is 0.102. The highest BCUT2D eigenvalue weighted by molar-refractivity contribution is 7.80. The first-order valence-electron chi connectivity index (χ1n) is 7.82. The molecule has 0 unspecified atom stereocenters. The summed E-state index contributed by atoms with van der Waals surface area (Å²) >= 11 is 4.17. The molecule has 1 aliphatic rings. The molecule has 1 heterocycles. The molecule has 5 heteroatoms. The Bertz CT molecular complexity index is 620. The van der Waals surface area contributed by atoms with Crippen LogP contribution in [0.4, 0.5) is 0 Å². The Morgan fingerprint density at radius 3 is 2.95 bits per heavy atom. The van der Waals surface area contributed by atoms with E-state index in [0.29, 0.717) is 13.2 Å². The van der Waals surface area contributed by atoms with E-state index in [4.69, 9.17) is 4.74 Å². The van der Waals surface area contributed by atoms with E-state index in [1.807, 2.05) is 13.0 Å². The zero-order chi connectivity index (χ0) is 15.9. The molecule has 0 radical (unpaired) electrons. The molecular weight excluding hydrogens is 296 g/mol. The van der Waals surface area contributed by atoms with Crippen molar-refractivity contribution in [2.24, 2.45) is 0 Å². The van der Waals surface area contributed by atoms with E-state index < -0.39 is 0 Å². The number of aromatic nitrogens is 2. The molecule has 0 atom stereocenters. The molecule has 1 aliphatic carbocycles. The lowest BCUT2D eigenvalue weighted by atomic mass is 9.97. The molecule has 0 saturated heterocycles. The van der Waals surface area contributed by atoms with Gasteiger partial charge in [-0.1, -0.05) is 6.58 Å². The Kier molecular flexibility index (Phi) is 6.31. The van der Waals surface area contributed by atoms with Gasteiger partial charge in [-0.25, -0.2) is 4.98 Å². The zero-order valence-electron chi connectivity index (χ0n) is 13.2. The molecule has 0 fully saturated rings. The topological polar surface area (TPSA) is 44.1 Å². The molecule has 0 N–H and O–H groups in total. The van der Waals surface area contributed by atoms with E-state index >= 15 is 0 Å². The minimum atomic E-state index is 0.102. The second-order valence-corrected chi connectivity index (χ2v) is 5.87. The van der Waals surface area contributed by atoms with Crippen LogP contribution in [0.1, 0.15) is 36.3 Å². The van der Waals surface area contributed by atoms with Gasteiger partial charge >= 0.3 is 0 Å². The maximum absolute atomic E-state index is 12.6. The summed E-state index contributed by atoms with van der Waals surface area (Å²) in [6.07, 6.45) is 8.47. The second-order valence-electron chi connectivity index (χ2n) is 5.42. The first kappa shape index (κ1) is 16.9. The number of thiol groups is 1. The van der Waals surface area contributed by atoms with Crippen LogP contribution in [0.3, 0.4) is 0 Å². The van der Waals surface area contributed by atoms with Gasteiger partial charge in [-0.15, -0.1) is 0 Å². The Morgan fingerprint density at radius 1 is 1.45 bits per heavy atom. The fourth-order valence-electron chi connectivity index (χ4n) is 2.73. The van der Waals surface area contributed by atoms with Crippen LogP contribution >= 0.6 is 12.6 Å². The van der Waals surface area contributed by atoms with Gasteiger partial charge in [-0.05, 0) is 56.9 Å². The van der Waals surface area contributed by atoms with Gasteiger partial charge in [0.25, 0.3) is 5.56 Å². The average Bonchev–Trinajstić information content (AvgIpc) is 2.53. The lowest BCUT2D eigenvalue weighted by Crippen LogP contribution is -2.31. The van der Waals surface area contributed by atoms with Gasteiger partial charge in [0.2, 0.25) is 0 Å². The first-order valence-corrected chi connectivity index (χ1v) is 8.46. The third-order valence-corrected chi connectivity index (χ3v) is 4.15. The van der Waals surface area contributed by atoms with Crippen molar-refractivity contribution in [2.75, 3.05) is 12.4 Å². The van der Waals surface area contributed by atoms with E-state index in [9.17, 15) is 4.79 Å². The van der Waals surface area contributed by atoms with Crippen molar-refractivity contribution in [3.63, 3.8) is 0 Å². The number of fused-ring (bicyclic) bond motifs is 1.